The van der Waals surface area contributed by atoms with Crippen LogP contribution >= 0.6 is 0 Å². The first-order chi connectivity index (χ1) is 18.0. The molecule has 37 heavy (non-hydrogen) atoms. The minimum absolute atomic E-state index is 0.215. The minimum Gasteiger partial charge on any atom is -0.493 e. The molecule has 0 aliphatic carbocycles. The van der Waals surface area contributed by atoms with Crippen LogP contribution in [0.4, 0.5) is 4.39 Å². The highest BCUT2D eigenvalue weighted by molar-refractivity contribution is 6.08. The van der Waals surface area contributed by atoms with Crippen molar-refractivity contribution in [2.24, 2.45) is 15.1 Å². The first kappa shape index (κ1) is 25.5. The van der Waals surface area contributed by atoms with E-state index in [2.05, 4.69) is 27.1 Å². The normalized spacial score (nSPS) is 14.5. The number of guanidine groups is 1. The fourth-order valence-electron chi connectivity index (χ4n) is 3.91. The molecule has 1 N–H and O–H groups in total. The maximum absolute atomic E-state index is 14.7. The Balaban J connectivity index is 1.73. The Morgan fingerprint density at radius 2 is 1.78 bits per heavy atom. The van der Waals surface area contributed by atoms with Gasteiger partial charge in [0.2, 0.25) is 11.7 Å². The van der Waals surface area contributed by atoms with E-state index >= 15 is 0 Å². The number of furan rings is 1. The summed E-state index contributed by atoms with van der Waals surface area (Å²) in [7, 11) is 4.66. The van der Waals surface area contributed by atoms with Crippen LogP contribution in [0.25, 0.3) is 0 Å². The molecule has 1 aliphatic heterocycles. The molecule has 2 heterocycles. The molecule has 0 saturated carbocycles. The van der Waals surface area contributed by atoms with E-state index in [1.54, 1.807) is 52.1 Å². The van der Waals surface area contributed by atoms with E-state index in [0.717, 1.165) is 16.7 Å². The number of rotatable bonds is 9. The number of allylic oxidation sites excluding steroid dienone is 1. The third kappa shape index (κ3) is 5.48. The van der Waals surface area contributed by atoms with Crippen molar-refractivity contribution in [3.05, 3.63) is 88.9 Å². The summed E-state index contributed by atoms with van der Waals surface area (Å²) in [4.78, 5) is 9.26. The Kier molecular flexibility index (Phi) is 7.87. The lowest BCUT2D eigenvalue weighted by Gasteiger charge is -2.27. The molecule has 0 bridgehead atoms. The van der Waals surface area contributed by atoms with E-state index in [-0.39, 0.29) is 11.4 Å². The van der Waals surface area contributed by atoms with Crippen LogP contribution in [0.3, 0.4) is 0 Å². The molecule has 0 radical (unpaired) electrons. The van der Waals surface area contributed by atoms with Gasteiger partial charge >= 0.3 is 0 Å². The predicted molar refractivity (Wildman–Crippen MR) is 140 cm³/mol. The number of halogens is 1. The summed E-state index contributed by atoms with van der Waals surface area (Å²) in [6.45, 7) is 5.96. The van der Waals surface area contributed by atoms with Crippen molar-refractivity contribution in [3.8, 4) is 17.2 Å². The Hall–Kier alpha value is -4.60. The number of hydrogen-bond acceptors (Lipinski definition) is 9. The Bertz CT molecular complexity index is 1340. The van der Waals surface area contributed by atoms with Gasteiger partial charge < -0.3 is 23.9 Å². The summed E-state index contributed by atoms with van der Waals surface area (Å²) in [5, 5.41) is 8.93. The predicted octanol–water partition coefficient (Wildman–Crippen LogP) is 4.74. The number of hydrazone groups is 1. The highest BCUT2D eigenvalue weighted by atomic mass is 19.1. The molecular formula is C27H28FN5O4. The molecule has 9 nitrogen and oxygen atoms in total. The van der Waals surface area contributed by atoms with Gasteiger partial charge in [-0.25, -0.2) is 9.38 Å². The zero-order valence-electron chi connectivity index (χ0n) is 21.1. The van der Waals surface area contributed by atoms with Crippen LogP contribution in [0, 0.1) is 5.82 Å². The van der Waals surface area contributed by atoms with Gasteiger partial charge in [-0.1, -0.05) is 12.1 Å². The van der Waals surface area contributed by atoms with Gasteiger partial charge in [-0.2, -0.15) is 15.1 Å². The van der Waals surface area contributed by atoms with Crippen LogP contribution < -0.4 is 19.5 Å². The average molecular weight is 506 g/mol. The van der Waals surface area contributed by atoms with E-state index in [4.69, 9.17) is 18.6 Å². The third-order valence-electron chi connectivity index (χ3n) is 5.69. The lowest BCUT2D eigenvalue weighted by molar-refractivity contribution is 0.323. The number of aliphatic imine (C=N–C) groups is 2. The summed E-state index contributed by atoms with van der Waals surface area (Å²) in [5.74, 6) is 2.14. The quantitative estimate of drug-likeness (QED) is 0.422. The smallest absolute Gasteiger partial charge is 0.228 e. The fraction of sp³-hybridized carbons (Fsp3) is 0.222. The molecular weight excluding hydrogens is 477 g/mol. The van der Waals surface area contributed by atoms with Crippen LogP contribution in [-0.2, 0) is 13.0 Å². The molecule has 0 amide bonds. The molecule has 0 unspecified atom stereocenters. The number of ether oxygens (including phenoxy) is 3. The van der Waals surface area contributed by atoms with Crippen LogP contribution in [0.1, 0.15) is 23.6 Å². The van der Waals surface area contributed by atoms with E-state index in [0.29, 0.717) is 42.0 Å². The van der Waals surface area contributed by atoms with Crippen molar-refractivity contribution in [2.75, 3.05) is 21.3 Å². The minimum atomic E-state index is -0.430. The average Bonchev–Trinajstić information content (AvgIpc) is 3.43. The second-order valence-electron chi connectivity index (χ2n) is 8.10. The summed E-state index contributed by atoms with van der Waals surface area (Å²) in [5.41, 5.74) is 2.93. The molecule has 1 aromatic heterocycles. The fourth-order valence-corrected chi connectivity index (χ4v) is 3.91. The molecule has 192 valence electrons. The first-order valence-electron chi connectivity index (χ1n) is 11.4. The first-order valence-corrected chi connectivity index (χ1v) is 11.4. The van der Waals surface area contributed by atoms with E-state index in [9.17, 15) is 4.39 Å². The van der Waals surface area contributed by atoms with Gasteiger partial charge in [0.1, 0.15) is 5.82 Å². The van der Waals surface area contributed by atoms with Crippen LogP contribution in [0.15, 0.2) is 85.9 Å². The molecule has 0 saturated heterocycles. The van der Waals surface area contributed by atoms with Crippen molar-refractivity contribution in [1.29, 1.82) is 0 Å². The summed E-state index contributed by atoms with van der Waals surface area (Å²) in [6, 6.07) is 11.9. The van der Waals surface area contributed by atoms with Crippen molar-refractivity contribution in [2.45, 2.75) is 19.9 Å². The van der Waals surface area contributed by atoms with Crippen molar-refractivity contribution in [3.63, 3.8) is 0 Å². The summed E-state index contributed by atoms with van der Waals surface area (Å²) < 4.78 is 36.3. The molecule has 3 aromatic rings. The molecule has 0 fully saturated rings. The lowest BCUT2D eigenvalue weighted by Crippen LogP contribution is -2.40. The van der Waals surface area contributed by atoms with Gasteiger partial charge in [-0.3, -0.25) is 0 Å². The Labute approximate surface area is 214 Å². The van der Waals surface area contributed by atoms with Crippen LogP contribution in [0.2, 0.25) is 0 Å². The SMILES string of the molecule is C=NN1C(NCc2cc(OC)c(OC)c(OC)c2)=NC(c2ccccc2F)=N/C1=C(/C)Cc1ccoc1. The van der Waals surface area contributed by atoms with Gasteiger partial charge in [0.15, 0.2) is 23.2 Å². The lowest BCUT2D eigenvalue weighted by atomic mass is 10.1. The highest BCUT2D eigenvalue weighted by Gasteiger charge is 2.26. The highest BCUT2D eigenvalue weighted by Crippen LogP contribution is 2.38. The molecule has 4 rings (SSSR count). The molecule has 1 aliphatic rings. The van der Waals surface area contributed by atoms with Gasteiger partial charge in [0, 0.05) is 19.7 Å². The Morgan fingerprint density at radius 1 is 1.05 bits per heavy atom. The van der Waals surface area contributed by atoms with E-state index in [1.165, 1.54) is 11.1 Å². The summed E-state index contributed by atoms with van der Waals surface area (Å²) in [6.07, 6.45) is 3.82. The molecule has 0 spiro atoms. The molecule has 10 heteroatoms. The van der Waals surface area contributed by atoms with Gasteiger partial charge in [-0.15, -0.1) is 0 Å². The van der Waals surface area contributed by atoms with Crippen LogP contribution in [0.5, 0.6) is 17.2 Å². The molecule has 0 atom stereocenters. The summed E-state index contributed by atoms with van der Waals surface area (Å²) >= 11 is 0. The second kappa shape index (κ2) is 11.4. The monoisotopic (exact) mass is 505 g/mol. The van der Waals surface area contributed by atoms with Gasteiger partial charge in [-0.05, 0) is 54.0 Å². The largest absolute Gasteiger partial charge is 0.493 e. The Morgan fingerprint density at radius 3 is 2.38 bits per heavy atom. The number of methoxy groups -OCH3 is 3. The van der Waals surface area contributed by atoms with E-state index < -0.39 is 5.82 Å². The number of hydrogen-bond donors (Lipinski definition) is 1. The number of amidine groups is 1. The maximum atomic E-state index is 14.7. The van der Waals surface area contributed by atoms with Gasteiger partial charge in [0.05, 0.1) is 39.4 Å². The van der Waals surface area contributed by atoms with E-state index in [1.807, 2.05) is 25.1 Å². The van der Waals surface area contributed by atoms with Gasteiger partial charge in [0.25, 0.3) is 0 Å². The zero-order valence-corrected chi connectivity index (χ0v) is 21.1. The molecule has 2 aromatic carbocycles. The van der Waals surface area contributed by atoms with Crippen LogP contribution in [-0.4, -0.2) is 44.9 Å². The van der Waals surface area contributed by atoms with Crippen molar-refractivity contribution >= 4 is 18.5 Å². The maximum Gasteiger partial charge on any atom is 0.228 e. The topological polar surface area (TPSA) is 93.2 Å². The standard InChI is InChI=1S/C27H28FN5O4/c1-17(12-18-10-11-37-16-18)26-31-25(20-8-6-7-9-21(20)28)32-27(33(26)29-2)30-15-19-13-22(34-3)24(36-5)23(14-19)35-4/h6-11,13-14,16H,2,12,15H2,1,3-5H3,(H,30,31,32)/b26-17+. The second-order valence-corrected chi connectivity index (χ2v) is 8.10. The third-order valence-corrected chi connectivity index (χ3v) is 5.69. The zero-order chi connectivity index (χ0) is 26.4. The van der Waals surface area contributed by atoms with Crippen molar-refractivity contribution < 1.29 is 23.0 Å². The number of nitrogens with zero attached hydrogens (tertiary/aromatic N) is 4. The number of nitrogens with one attached hydrogen (secondary N) is 1. The van der Waals surface area contributed by atoms with Crippen molar-refractivity contribution in [1.82, 2.24) is 10.3 Å². The number of benzene rings is 2.